The summed E-state index contributed by atoms with van der Waals surface area (Å²) in [6.07, 6.45) is 3.27. The topological polar surface area (TPSA) is 39.2 Å². The standard InChI is InChI=1S/C11H12FNO2/c12-10-9(2-1-5-13-10)11(8-14)3-6-15-7-4-11/h1-2,5,8H,3-4,6-7H2. The Morgan fingerprint density at radius 1 is 1.47 bits per heavy atom. The van der Waals surface area contributed by atoms with E-state index in [1.54, 1.807) is 12.1 Å². The van der Waals surface area contributed by atoms with Crippen LogP contribution in [-0.2, 0) is 14.9 Å². The number of nitrogens with zero attached hydrogens (tertiary/aromatic N) is 1. The van der Waals surface area contributed by atoms with Crippen molar-refractivity contribution in [1.82, 2.24) is 4.98 Å². The molecule has 1 aromatic rings. The van der Waals surface area contributed by atoms with Crippen LogP contribution in [0.15, 0.2) is 18.3 Å². The van der Waals surface area contributed by atoms with Gasteiger partial charge in [0.15, 0.2) is 0 Å². The average Bonchev–Trinajstić information content (AvgIpc) is 2.30. The summed E-state index contributed by atoms with van der Waals surface area (Å²) >= 11 is 0. The third-order valence-corrected chi connectivity index (χ3v) is 2.91. The molecule has 0 saturated carbocycles. The summed E-state index contributed by atoms with van der Waals surface area (Å²) in [5, 5.41) is 0. The maximum atomic E-state index is 13.5. The quantitative estimate of drug-likeness (QED) is 0.547. The van der Waals surface area contributed by atoms with Gasteiger partial charge in [0, 0.05) is 25.0 Å². The van der Waals surface area contributed by atoms with Gasteiger partial charge >= 0.3 is 0 Å². The van der Waals surface area contributed by atoms with Crippen molar-refractivity contribution in [2.24, 2.45) is 0 Å². The molecule has 1 aromatic heterocycles. The Labute approximate surface area is 87.3 Å². The third kappa shape index (κ3) is 1.77. The lowest BCUT2D eigenvalue weighted by Gasteiger charge is -2.32. The molecule has 2 heterocycles. The number of hydrogen-bond acceptors (Lipinski definition) is 3. The zero-order valence-corrected chi connectivity index (χ0v) is 8.28. The van der Waals surface area contributed by atoms with Crippen LogP contribution < -0.4 is 0 Å². The van der Waals surface area contributed by atoms with Crippen LogP contribution in [0.25, 0.3) is 0 Å². The Kier molecular flexibility index (Phi) is 2.77. The van der Waals surface area contributed by atoms with Gasteiger partial charge in [-0.05, 0) is 18.9 Å². The molecule has 0 aromatic carbocycles. The highest BCUT2D eigenvalue weighted by Gasteiger charge is 2.36. The lowest BCUT2D eigenvalue weighted by molar-refractivity contribution is -0.116. The normalized spacial score (nSPS) is 19.8. The zero-order chi connectivity index (χ0) is 10.7. The van der Waals surface area contributed by atoms with E-state index >= 15 is 0 Å². The van der Waals surface area contributed by atoms with Crippen molar-refractivity contribution in [2.75, 3.05) is 13.2 Å². The average molecular weight is 209 g/mol. The van der Waals surface area contributed by atoms with Crippen LogP contribution in [0.3, 0.4) is 0 Å². The van der Waals surface area contributed by atoms with E-state index in [1.807, 2.05) is 0 Å². The monoisotopic (exact) mass is 209 g/mol. The maximum Gasteiger partial charge on any atom is 0.217 e. The highest BCUT2D eigenvalue weighted by atomic mass is 19.1. The number of pyridine rings is 1. The Morgan fingerprint density at radius 2 is 2.20 bits per heavy atom. The smallest absolute Gasteiger partial charge is 0.217 e. The maximum absolute atomic E-state index is 13.5. The predicted octanol–water partition coefficient (Wildman–Crippen LogP) is 1.47. The van der Waals surface area contributed by atoms with Gasteiger partial charge in [-0.3, -0.25) is 0 Å². The van der Waals surface area contributed by atoms with Crippen LogP contribution in [-0.4, -0.2) is 24.5 Å². The van der Waals surface area contributed by atoms with Crippen LogP contribution in [0.1, 0.15) is 18.4 Å². The molecule has 0 radical (unpaired) electrons. The van der Waals surface area contributed by atoms with Gasteiger partial charge in [-0.1, -0.05) is 6.07 Å². The van der Waals surface area contributed by atoms with Crippen molar-refractivity contribution in [3.05, 3.63) is 29.8 Å². The summed E-state index contributed by atoms with van der Waals surface area (Å²) in [6.45, 7) is 0.986. The van der Waals surface area contributed by atoms with Gasteiger partial charge in [0.2, 0.25) is 5.95 Å². The number of hydrogen-bond donors (Lipinski definition) is 0. The molecule has 0 N–H and O–H groups in total. The molecule has 2 rings (SSSR count). The minimum Gasteiger partial charge on any atom is -0.381 e. The Balaban J connectivity index is 2.41. The van der Waals surface area contributed by atoms with Crippen molar-refractivity contribution in [1.29, 1.82) is 0 Å². The fourth-order valence-corrected chi connectivity index (χ4v) is 1.94. The van der Waals surface area contributed by atoms with Gasteiger partial charge in [-0.15, -0.1) is 0 Å². The molecule has 0 unspecified atom stereocenters. The van der Waals surface area contributed by atoms with Crippen molar-refractivity contribution >= 4 is 6.29 Å². The molecule has 0 amide bonds. The van der Waals surface area contributed by atoms with Crippen molar-refractivity contribution in [2.45, 2.75) is 18.3 Å². The van der Waals surface area contributed by atoms with Crippen molar-refractivity contribution < 1.29 is 13.9 Å². The van der Waals surface area contributed by atoms with E-state index in [1.165, 1.54) is 6.20 Å². The van der Waals surface area contributed by atoms with Crippen molar-refractivity contribution in [3.8, 4) is 0 Å². The number of aldehydes is 1. The van der Waals surface area contributed by atoms with Crippen molar-refractivity contribution in [3.63, 3.8) is 0 Å². The molecular weight excluding hydrogens is 197 g/mol. The number of carbonyl (C=O) groups is 1. The van der Waals surface area contributed by atoms with Gasteiger partial charge in [0.05, 0.1) is 5.41 Å². The summed E-state index contributed by atoms with van der Waals surface area (Å²) in [7, 11) is 0. The molecule has 1 aliphatic rings. The van der Waals surface area contributed by atoms with Gasteiger partial charge in [0.1, 0.15) is 6.29 Å². The highest BCUT2D eigenvalue weighted by Crippen LogP contribution is 2.33. The predicted molar refractivity (Wildman–Crippen MR) is 52.0 cm³/mol. The SMILES string of the molecule is O=CC1(c2cccnc2F)CCOCC1. The molecule has 80 valence electrons. The van der Waals surface area contributed by atoms with E-state index < -0.39 is 11.4 Å². The van der Waals surface area contributed by atoms with Gasteiger partial charge in [-0.2, -0.15) is 4.39 Å². The van der Waals surface area contributed by atoms with Crippen LogP contribution in [0.5, 0.6) is 0 Å². The molecular formula is C11H12FNO2. The first-order valence-corrected chi connectivity index (χ1v) is 4.93. The number of carbonyl (C=O) groups excluding carboxylic acids is 1. The first-order chi connectivity index (χ1) is 7.28. The van der Waals surface area contributed by atoms with Crippen LogP contribution >= 0.6 is 0 Å². The lowest BCUT2D eigenvalue weighted by atomic mass is 9.76. The Bertz CT molecular complexity index is 361. The number of rotatable bonds is 2. The molecule has 1 saturated heterocycles. The first-order valence-electron chi connectivity index (χ1n) is 4.93. The summed E-state index contributed by atoms with van der Waals surface area (Å²) < 4.78 is 18.7. The fourth-order valence-electron chi connectivity index (χ4n) is 1.94. The van der Waals surface area contributed by atoms with E-state index in [0.717, 1.165) is 6.29 Å². The Morgan fingerprint density at radius 3 is 2.80 bits per heavy atom. The zero-order valence-electron chi connectivity index (χ0n) is 8.28. The summed E-state index contributed by atoms with van der Waals surface area (Å²) in [5.41, 5.74) is -0.348. The number of ether oxygens (including phenoxy) is 1. The molecule has 3 nitrogen and oxygen atoms in total. The summed E-state index contributed by atoms with van der Waals surface area (Å²) in [5.74, 6) is -0.550. The summed E-state index contributed by atoms with van der Waals surface area (Å²) in [4.78, 5) is 14.8. The van der Waals surface area contributed by atoms with E-state index in [2.05, 4.69) is 4.98 Å². The van der Waals surface area contributed by atoms with Gasteiger partial charge in [-0.25, -0.2) is 4.98 Å². The molecule has 0 bridgehead atoms. The van der Waals surface area contributed by atoms with E-state index in [4.69, 9.17) is 4.74 Å². The van der Waals surface area contributed by atoms with E-state index in [9.17, 15) is 9.18 Å². The second kappa shape index (κ2) is 4.06. The highest BCUT2D eigenvalue weighted by molar-refractivity contribution is 5.68. The molecule has 1 aliphatic heterocycles. The summed E-state index contributed by atoms with van der Waals surface area (Å²) in [6, 6.07) is 3.28. The van der Waals surface area contributed by atoms with Gasteiger partial charge in [0.25, 0.3) is 0 Å². The minimum atomic E-state index is -0.739. The number of aromatic nitrogens is 1. The fraction of sp³-hybridized carbons (Fsp3) is 0.455. The lowest BCUT2D eigenvalue weighted by Crippen LogP contribution is -2.36. The second-order valence-electron chi connectivity index (χ2n) is 3.73. The number of halogens is 1. The van der Waals surface area contributed by atoms with Crippen LogP contribution in [0.2, 0.25) is 0 Å². The van der Waals surface area contributed by atoms with Crippen LogP contribution in [0, 0.1) is 5.95 Å². The molecule has 0 aliphatic carbocycles. The first kappa shape index (κ1) is 10.2. The third-order valence-electron chi connectivity index (χ3n) is 2.91. The minimum absolute atomic E-state index is 0.392. The van der Waals surface area contributed by atoms with Gasteiger partial charge < -0.3 is 9.53 Å². The Hall–Kier alpha value is -1.29. The molecule has 15 heavy (non-hydrogen) atoms. The largest absolute Gasteiger partial charge is 0.381 e. The second-order valence-corrected chi connectivity index (χ2v) is 3.73. The molecule has 1 fully saturated rings. The van der Waals surface area contributed by atoms with Crippen LogP contribution in [0.4, 0.5) is 4.39 Å². The molecule has 0 spiro atoms. The molecule has 4 heteroatoms. The van der Waals surface area contributed by atoms with E-state index in [-0.39, 0.29) is 0 Å². The van der Waals surface area contributed by atoms with E-state index in [0.29, 0.717) is 31.6 Å². The molecule has 0 atom stereocenters.